The molecule has 1 rings (SSSR count). The Kier molecular flexibility index (Phi) is 5.41. The largest absolute Gasteiger partial charge is 0.467 e. The Morgan fingerprint density at radius 2 is 1.85 bits per heavy atom. The number of methoxy groups -OCH3 is 1. The van der Waals surface area contributed by atoms with Gasteiger partial charge in [0.05, 0.1) is 7.11 Å². The summed E-state index contributed by atoms with van der Waals surface area (Å²) in [5.74, 6) is -0.390. The second kappa shape index (κ2) is 6.29. The van der Waals surface area contributed by atoms with Gasteiger partial charge in [-0.3, -0.25) is 0 Å². The van der Waals surface area contributed by atoms with Crippen LogP contribution in [0.25, 0.3) is 0 Å². The first kappa shape index (κ1) is 17.2. The average molecular weight is 314 g/mol. The number of ether oxygens (including phenoxy) is 1. The van der Waals surface area contributed by atoms with E-state index < -0.39 is 26.0 Å². The van der Waals surface area contributed by atoms with Gasteiger partial charge in [-0.25, -0.2) is 4.79 Å². The number of hydrogen-bond donors (Lipinski definition) is 0. The van der Waals surface area contributed by atoms with Crippen molar-refractivity contribution in [1.29, 1.82) is 0 Å². The van der Waals surface area contributed by atoms with Gasteiger partial charge in [-0.1, -0.05) is 44.5 Å². The molecule has 0 spiro atoms. The number of benzene rings is 1. The number of esters is 1. The van der Waals surface area contributed by atoms with Crippen molar-refractivity contribution in [2.75, 3.05) is 7.11 Å². The summed E-state index contributed by atoms with van der Waals surface area (Å²) < 4.78 is 11.2. The maximum absolute atomic E-state index is 12.6. The van der Waals surface area contributed by atoms with E-state index in [4.69, 9.17) is 20.8 Å². The second-order valence-electron chi connectivity index (χ2n) is 5.94. The van der Waals surface area contributed by atoms with E-state index in [0.29, 0.717) is 5.02 Å². The molecular weight excluding hydrogens is 292 g/mol. The highest BCUT2D eigenvalue weighted by Gasteiger charge is 2.52. The fourth-order valence-electron chi connectivity index (χ4n) is 2.27. The van der Waals surface area contributed by atoms with Crippen LogP contribution in [-0.2, 0) is 19.6 Å². The zero-order chi connectivity index (χ0) is 15.6. The first-order chi connectivity index (χ1) is 9.15. The van der Waals surface area contributed by atoms with Gasteiger partial charge in [0.25, 0.3) is 0 Å². The topological polar surface area (TPSA) is 35.5 Å². The lowest BCUT2D eigenvalue weighted by molar-refractivity contribution is -0.173. The molecule has 1 aromatic rings. The van der Waals surface area contributed by atoms with Gasteiger partial charge < -0.3 is 9.16 Å². The Bertz CT molecular complexity index is 482. The lowest BCUT2D eigenvalue weighted by Gasteiger charge is -2.43. The van der Waals surface area contributed by atoms with Crippen molar-refractivity contribution in [3.63, 3.8) is 0 Å². The molecular formula is C15H22ClO3Si. The molecule has 1 radical (unpaired) electrons. The van der Waals surface area contributed by atoms with E-state index in [2.05, 4.69) is 0 Å². The van der Waals surface area contributed by atoms with Crippen molar-refractivity contribution >= 4 is 26.6 Å². The normalized spacial score (nSPS) is 15.0. The molecule has 0 bridgehead atoms. The highest BCUT2D eigenvalue weighted by Crippen LogP contribution is 2.44. The van der Waals surface area contributed by atoms with Crippen LogP contribution >= 0.6 is 11.6 Å². The van der Waals surface area contributed by atoms with Crippen LogP contribution in [0.1, 0.15) is 26.3 Å². The number of rotatable bonds is 4. The van der Waals surface area contributed by atoms with E-state index in [1.807, 2.05) is 46.0 Å². The third-order valence-corrected chi connectivity index (χ3v) is 4.07. The first-order valence-electron chi connectivity index (χ1n) is 6.49. The quantitative estimate of drug-likeness (QED) is 0.622. The molecule has 0 aromatic heterocycles. The minimum Gasteiger partial charge on any atom is -0.467 e. The van der Waals surface area contributed by atoms with Gasteiger partial charge in [-0.05, 0) is 30.8 Å². The fraction of sp³-hybridized carbons (Fsp3) is 0.533. The molecule has 0 heterocycles. The summed E-state index contributed by atoms with van der Waals surface area (Å²) >= 11 is 6.09. The standard InChI is InChI=1S/C15H22ClO3Si/c1-14(2,3)15(13(17)18-4,19-20(5)6)11-8-7-9-12(16)10-11/h7-10H,1-6H3/t15-/m1/s1. The maximum atomic E-state index is 12.6. The zero-order valence-corrected chi connectivity index (χ0v) is 14.7. The summed E-state index contributed by atoms with van der Waals surface area (Å²) in [5.41, 5.74) is -0.882. The Balaban J connectivity index is 3.56. The van der Waals surface area contributed by atoms with Crippen molar-refractivity contribution in [3.05, 3.63) is 34.9 Å². The SMILES string of the molecule is COC(=O)[C@](O[Si](C)C)(c1cccc(Cl)c1)C(C)(C)C. The van der Waals surface area contributed by atoms with E-state index >= 15 is 0 Å². The number of hydrogen-bond acceptors (Lipinski definition) is 3. The van der Waals surface area contributed by atoms with Crippen molar-refractivity contribution in [3.8, 4) is 0 Å². The summed E-state index contributed by atoms with van der Waals surface area (Å²) in [6.45, 7) is 9.90. The molecule has 3 nitrogen and oxygen atoms in total. The molecule has 0 fully saturated rings. The highest BCUT2D eigenvalue weighted by molar-refractivity contribution is 6.48. The molecule has 0 aliphatic rings. The lowest BCUT2D eigenvalue weighted by atomic mass is 9.72. The smallest absolute Gasteiger partial charge is 0.342 e. The fourth-order valence-corrected chi connectivity index (χ4v) is 3.58. The Morgan fingerprint density at radius 3 is 2.25 bits per heavy atom. The zero-order valence-electron chi connectivity index (χ0n) is 12.9. The third kappa shape index (κ3) is 3.24. The van der Waals surface area contributed by atoms with Gasteiger partial charge in [0.1, 0.15) is 0 Å². The van der Waals surface area contributed by atoms with Crippen LogP contribution in [-0.4, -0.2) is 22.1 Å². The van der Waals surface area contributed by atoms with Gasteiger partial charge in [0.15, 0.2) is 5.60 Å². The molecule has 0 amide bonds. The van der Waals surface area contributed by atoms with Crippen LogP contribution in [0, 0.1) is 5.41 Å². The Labute approximate surface area is 128 Å². The molecule has 0 aliphatic carbocycles. The molecule has 1 aromatic carbocycles. The minimum absolute atomic E-state index is 0.390. The third-order valence-electron chi connectivity index (χ3n) is 3.12. The van der Waals surface area contributed by atoms with Gasteiger partial charge in [0, 0.05) is 10.4 Å². The lowest BCUT2D eigenvalue weighted by Crippen LogP contribution is -2.52. The van der Waals surface area contributed by atoms with Crippen LogP contribution in [0.3, 0.4) is 0 Å². The van der Waals surface area contributed by atoms with E-state index in [-0.39, 0.29) is 0 Å². The summed E-state index contributed by atoms with van der Waals surface area (Å²) in [6.07, 6.45) is 0. The number of halogens is 1. The first-order valence-corrected chi connectivity index (χ1v) is 9.27. The van der Waals surface area contributed by atoms with Crippen molar-refractivity contribution in [2.24, 2.45) is 5.41 Å². The molecule has 111 valence electrons. The van der Waals surface area contributed by atoms with Crippen molar-refractivity contribution in [1.82, 2.24) is 0 Å². The summed E-state index contributed by atoms with van der Waals surface area (Å²) in [4.78, 5) is 12.6. The Hall–Kier alpha value is -0.843. The van der Waals surface area contributed by atoms with Crippen LogP contribution in [0.2, 0.25) is 18.1 Å². The van der Waals surface area contributed by atoms with E-state index in [9.17, 15) is 4.79 Å². The van der Waals surface area contributed by atoms with Crippen LogP contribution in [0.15, 0.2) is 24.3 Å². The van der Waals surface area contributed by atoms with E-state index in [1.165, 1.54) is 7.11 Å². The molecule has 0 saturated heterocycles. The van der Waals surface area contributed by atoms with E-state index in [1.54, 1.807) is 12.1 Å². The highest BCUT2D eigenvalue weighted by atomic mass is 35.5. The van der Waals surface area contributed by atoms with Crippen LogP contribution < -0.4 is 0 Å². The van der Waals surface area contributed by atoms with Crippen LogP contribution in [0.4, 0.5) is 0 Å². The van der Waals surface area contributed by atoms with Crippen molar-refractivity contribution in [2.45, 2.75) is 39.5 Å². The Morgan fingerprint density at radius 1 is 1.25 bits per heavy atom. The summed E-state index contributed by atoms with van der Waals surface area (Å²) in [7, 11) is 0.252. The van der Waals surface area contributed by atoms with Gasteiger partial charge in [-0.2, -0.15) is 0 Å². The van der Waals surface area contributed by atoms with Crippen molar-refractivity contribution < 1.29 is 14.0 Å². The monoisotopic (exact) mass is 313 g/mol. The molecule has 1 atom stereocenters. The molecule has 0 aliphatic heterocycles. The summed E-state index contributed by atoms with van der Waals surface area (Å²) in [6, 6.07) is 7.23. The molecule has 20 heavy (non-hydrogen) atoms. The maximum Gasteiger partial charge on any atom is 0.342 e. The minimum atomic E-state index is -1.15. The van der Waals surface area contributed by atoms with Gasteiger partial charge >= 0.3 is 5.97 Å². The van der Waals surface area contributed by atoms with Crippen LogP contribution in [0.5, 0.6) is 0 Å². The molecule has 0 unspecified atom stereocenters. The number of carbonyl (C=O) groups excluding carboxylic acids is 1. The average Bonchev–Trinajstić information content (AvgIpc) is 2.33. The van der Waals surface area contributed by atoms with Gasteiger partial charge in [-0.15, -0.1) is 0 Å². The molecule has 5 heteroatoms. The van der Waals surface area contributed by atoms with E-state index in [0.717, 1.165) is 5.56 Å². The molecule has 0 N–H and O–H groups in total. The summed E-state index contributed by atoms with van der Waals surface area (Å²) in [5, 5.41) is 0.574. The van der Waals surface area contributed by atoms with Gasteiger partial charge in [0.2, 0.25) is 9.04 Å². The predicted octanol–water partition coefficient (Wildman–Crippen LogP) is 4.02. The molecule has 0 saturated carbocycles. The number of carbonyl (C=O) groups is 1. The predicted molar refractivity (Wildman–Crippen MR) is 83.2 cm³/mol. The second-order valence-corrected chi connectivity index (χ2v) is 8.40.